The Morgan fingerprint density at radius 2 is 2.18 bits per heavy atom. The van der Waals surface area contributed by atoms with Crippen molar-refractivity contribution >= 4 is 23.4 Å². The zero-order valence-electron chi connectivity index (χ0n) is 19.0. The topological polar surface area (TPSA) is 104 Å². The number of likely N-dealkylation sites (tertiary alicyclic amines) is 1. The zero-order chi connectivity index (χ0) is 23.2. The largest absolute Gasteiger partial charge is 0.370 e. The third kappa shape index (κ3) is 5.94. The molecule has 0 spiro atoms. The summed E-state index contributed by atoms with van der Waals surface area (Å²) >= 11 is 0. The second-order valence-electron chi connectivity index (χ2n) is 8.94. The van der Waals surface area contributed by atoms with Crippen molar-refractivity contribution in [3.63, 3.8) is 0 Å². The highest BCUT2D eigenvalue weighted by molar-refractivity contribution is 5.87. The van der Waals surface area contributed by atoms with Crippen molar-refractivity contribution in [1.82, 2.24) is 20.2 Å². The van der Waals surface area contributed by atoms with Crippen LogP contribution < -0.4 is 10.6 Å². The highest BCUT2D eigenvalue weighted by Gasteiger charge is 2.32. The van der Waals surface area contributed by atoms with Crippen LogP contribution in [0.1, 0.15) is 55.5 Å². The lowest BCUT2D eigenvalue weighted by molar-refractivity contribution is -0.135. The first-order valence-corrected chi connectivity index (χ1v) is 11.7. The van der Waals surface area contributed by atoms with Crippen LogP contribution in [0, 0.1) is 5.92 Å². The number of pyridine rings is 2. The van der Waals surface area contributed by atoms with Gasteiger partial charge < -0.3 is 15.5 Å². The van der Waals surface area contributed by atoms with Gasteiger partial charge in [0, 0.05) is 43.5 Å². The lowest BCUT2D eigenvalue weighted by Crippen LogP contribution is -2.40. The number of anilines is 1. The van der Waals surface area contributed by atoms with Crippen LogP contribution in [-0.2, 0) is 27.2 Å². The lowest BCUT2D eigenvalue weighted by Gasteiger charge is -2.21. The molecule has 2 aliphatic heterocycles. The summed E-state index contributed by atoms with van der Waals surface area (Å²) in [7, 11) is 0. The van der Waals surface area contributed by atoms with Crippen LogP contribution in [0.25, 0.3) is 0 Å². The van der Waals surface area contributed by atoms with E-state index in [2.05, 4.69) is 27.8 Å². The highest BCUT2D eigenvalue weighted by atomic mass is 16.2. The van der Waals surface area contributed by atoms with Gasteiger partial charge in [-0.25, -0.2) is 4.98 Å². The molecule has 8 heteroatoms. The Labute approximate surface area is 194 Å². The molecule has 2 aromatic heterocycles. The Balaban J connectivity index is 1.29. The molecule has 1 saturated heterocycles. The SMILES string of the molecule is CC(=O)CC(NC(=O)CN1CCC(CCc2ccc3c(n2)NCCC3)C1=O)c1cccnc1. The van der Waals surface area contributed by atoms with Crippen LogP contribution in [-0.4, -0.2) is 52.1 Å². The second kappa shape index (κ2) is 10.6. The molecule has 2 N–H and O–H groups in total. The summed E-state index contributed by atoms with van der Waals surface area (Å²) in [4.78, 5) is 47.6. The fraction of sp³-hybridized carbons (Fsp3) is 0.480. The molecule has 0 aliphatic carbocycles. The van der Waals surface area contributed by atoms with Crippen LogP contribution in [0.15, 0.2) is 36.7 Å². The van der Waals surface area contributed by atoms with Crippen LogP contribution in [0.3, 0.4) is 0 Å². The molecule has 0 bridgehead atoms. The molecule has 2 atom stereocenters. The number of hydrogen-bond donors (Lipinski definition) is 2. The van der Waals surface area contributed by atoms with Gasteiger partial charge in [-0.2, -0.15) is 0 Å². The first-order chi connectivity index (χ1) is 16.0. The van der Waals surface area contributed by atoms with E-state index in [1.807, 2.05) is 6.07 Å². The maximum atomic E-state index is 12.9. The maximum Gasteiger partial charge on any atom is 0.240 e. The second-order valence-corrected chi connectivity index (χ2v) is 8.94. The summed E-state index contributed by atoms with van der Waals surface area (Å²) in [5, 5.41) is 6.25. The molecule has 2 amide bonds. The lowest BCUT2D eigenvalue weighted by atomic mass is 9.99. The summed E-state index contributed by atoms with van der Waals surface area (Å²) < 4.78 is 0. The highest BCUT2D eigenvalue weighted by Crippen LogP contribution is 2.25. The number of carbonyl (C=O) groups is 3. The van der Waals surface area contributed by atoms with Crippen molar-refractivity contribution in [2.45, 2.75) is 51.5 Å². The predicted octanol–water partition coefficient (Wildman–Crippen LogP) is 2.45. The van der Waals surface area contributed by atoms with Gasteiger partial charge >= 0.3 is 0 Å². The van der Waals surface area contributed by atoms with Crippen molar-refractivity contribution < 1.29 is 14.4 Å². The molecular weight excluding hydrogens is 418 g/mol. The molecule has 8 nitrogen and oxygen atoms in total. The molecule has 1 fully saturated rings. The quantitative estimate of drug-likeness (QED) is 0.609. The standard InChI is InChI=1S/C25H31N5O3/c1-17(31)14-22(20-5-2-11-26-15-20)29-23(32)16-30-13-10-19(25(30)33)7-9-21-8-6-18-4-3-12-27-24(18)28-21/h2,5-6,8,11,15,19,22H,3-4,7,9-10,12-14,16H2,1H3,(H,27,28)(H,29,32). The number of fused-ring (bicyclic) bond motifs is 1. The zero-order valence-corrected chi connectivity index (χ0v) is 19.0. The van der Waals surface area contributed by atoms with Gasteiger partial charge in [0.05, 0.1) is 12.6 Å². The Morgan fingerprint density at radius 1 is 1.30 bits per heavy atom. The van der Waals surface area contributed by atoms with E-state index in [1.165, 1.54) is 12.5 Å². The summed E-state index contributed by atoms with van der Waals surface area (Å²) in [5.74, 6) is 0.623. The fourth-order valence-electron chi connectivity index (χ4n) is 4.59. The molecule has 0 saturated carbocycles. The molecule has 0 radical (unpaired) electrons. The smallest absolute Gasteiger partial charge is 0.240 e. The van der Waals surface area contributed by atoms with E-state index in [0.29, 0.717) is 6.54 Å². The minimum atomic E-state index is -0.444. The number of nitrogens with zero attached hydrogens (tertiary/aromatic N) is 3. The van der Waals surface area contributed by atoms with Crippen molar-refractivity contribution in [3.8, 4) is 0 Å². The van der Waals surface area contributed by atoms with Crippen molar-refractivity contribution in [2.24, 2.45) is 5.92 Å². The van der Waals surface area contributed by atoms with Gasteiger partial charge in [0.1, 0.15) is 11.6 Å². The summed E-state index contributed by atoms with van der Waals surface area (Å²) in [5.41, 5.74) is 3.03. The Bertz CT molecular complexity index is 1010. The van der Waals surface area contributed by atoms with E-state index in [-0.39, 0.29) is 36.5 Å². The van der Waals surface area contributed by atoms with Crippen LogP contribution in [0.5, 0.6) is 0 Å². The van der Waals surface area contributed by atoms with Gasteiger partial charge in [-0.15, -0.1) is 0 Å². The molecule has 0 aromatic carbocycles. The number of rotatable bonds is 9. The number of Topliss-reactive ketones (excluding diaryl/α,β-unsaturated/α-hetero) is 1. The summed E-state index contributed by atoms with van der Waals surface area (Å²) in [6.45, 7) is 3.03. The minimum absolute atomic E-state index is 0.00498. The number of aromatic nitrogens is 2. The van der Waals surface area contributed by atoms with E-state index < -0.39 is 6.04 Å². The van der Waals surface area contributed by atoms with Crippen LogP contribution >= 0.6 is 0 Å². The first-order valence-electron chi connectivity index (χ1n) is 11.7. The van der Waals surface area contributed by atoms with Gasteiger partial charge in [-0.1, -0.05) is 12.1 Å². The molecule has 2 aromatic rings. The van der Waals surface area contributed by atoms with Crippen molar-refractivity contribution in [1.29, 1.82) is 0 Å². The van der Waals surface area contributed by atoms with Crippen molar-refractivity contribution in [3.05, 3.63) is 53.5 Å². The third-order valence-corrected chi connectivity index (χ3v) is 6.36. The van der Waals surface area contributed by atoms with Gasteiger partial charge in [0.25, 0.3) is 0 Å². The molecule has 33 heavy (non-hydrogen) atoms. The minimum Gasteiger partial charge on any atom is -0.370 e. The Hall–Kier alpha value is -3.29. The molecular formula is C25H31N5O3. The average molecular weight is 450 g/mol. The van der Waals surface area contributed by atoms with Crippen LogP contribution in [0.4, 0.5) is 5.82 Å². The number of carbonyl (C=O) groups excluding carboxylic acids is 3. The number of amides is 2. The van der Waals surface area contributed by atoms with E-state index in [1.54, 1.807) is 23.4 Å². The predicted molar refractivity (Wildman–Crippen MR) is 124 cm³/mol. The number of aryl methyl sites for hydroxylation is 2. The third-order valence-electron chi connectivity index (χ3n) is 6.36. The molecule has 174 valence electrons. The Morgan fingerprint density at radius 3 is 2.97 bits per heavy atom. The van der Waals surface area contributed by atoms with Gasteiger partial charge in [-0.3, -0.25) is 19.4 Å². The molecule has 2 aliphatic rings. The molecule has 4 rings (SSSR count). The van der Waals surface area contributed by atoms with E-state index in [0.717, 1.165) is 55.7 Å². The van der Waals surface area contributed by atoms with Gasteiger partial charge in [0.2, 0.25) is 11.8 Å². The van der Waals surface area contributed by atoms with Gasteiger partial charge in [-0.05, 0) is 62.3 Å². The maximum absolute atomic E-state index is 12.9. The van der Waals surface area contributed by atoms with E-state index in [4.69, 9.17) is 4.98 Å². The van der Waals surface area contributed by atoms with Gasteiger partial charge in [0.15, 0.2) is 0 Å². The van der Waals surface area contributed by atoms with E-state index >= 15 is 0 Å². The van der Waals surface area contributed by atoms with E-state index in [9.17, 15) is 14.4 Å². The molecule has 4 heterocycles. The van der Waals surface area contributed by atoms with Crippen LogP contribution in [0.2, 0.25) is 0 Å². The number of ketones is 1. The monoisotopic (exact) mass is 449 g/mol. The average Bonchev–Trinajstić information content (AvgIpc) is 3.16. The normalized spacial score (nSPS) is 18.4. The Kier molecular flexibility index (Phi) is 7.32. The fourth-order valence-corrected chi connectivity index (χ4v) is 4.59. The number of hydrogen-bond acceptors (Lipinski definition) is 6. The van der Waals surface area contributed by atoms with Crippen molar-refractivity contribution in [2.75, 3.05) is 25.0 Å². The summed E-state index contributed by atoms with van der Waals surface area (Å²) in [6, 6.07) is 7.36. The number of nitrogens with one attached hydrogen (secondary N) is 2. The first kappa shape index (κ1) is 22.9. The molecule has 2 unspecified atom stereocenters. The summed E-state index contributed by atoms with van der Waals surface area (Å²) in [6.07, 6.45) is 7.89.